The number of allylic oxidation sites excluding steroid dienone is 3. The molecule has 0 radical (unpaired) electrons. The third kappa shape index (κ3) is 46.8. The summed E-state index contributed by atoms with van der Waals surface area (Å²) in [7, 11) is 1.56. The first-order valence-electron chi connectivity index (χ1n) is 26.2. The van der Waals surface area contributed by atoms with Gasteiger partial charge >= 0.3 is 7.82 Å². The lowest BCUT2D eigenvalue weighted by Crippen LogP contribution is -2.45. The summed E-state index contributed by atoms with van der Waals surface area (Å²) in [4.78, 5) is 23.1. The predicted molar refractivity (Wildman–Crippen MR) is 263 cm³/mol. The minimum absolute atomic E-state index is 0.0582. The van der Waals surface area contributed by atoms with Crippen molar-refractivity contribution in [2.75, 3.05) is 40.9 Å². The molecule has 3 unspecified atom stereocenters. The average molecular weight is 884 g/mol. The second kappa shape index (κ2) is 44.2. The molecule has 0 heterocycles. The van der Waals surface area contributed by atoms with Crippen LogP contribution >= 0.6 is 7.82 Å². The van der Waals surface area contributed by atoms with Crippen LogP contribution in [0.25, 0.3) is 0 Å². The second-order valence-corrected chi connectivity index (χ2v) is 20.7. The number of aliphatic hydroxyl groups excluding tert-OH is 1. The summed E-state index contributed by atoms with van der Waals surface area (Å²) in [6, 6.07) is -0.858. The SMILES string of the molecule is CCCCCCCCCCCCCCCCCCCCCCCCC/C=C/CC/C=C/C(O)C(COP(=O)(O)OCC[N+](C)(C)C)NC(=O)CCCCCCCCCCCC. The van der Waals surface area contributed by atoms with E-state index in [0.717, 1.165) is 38.5 Å². The third-order valence-electron chi connectivity index (χ3n) is 11.9. The van der Waals surface area contributed by atoms with Crippen molar-refractivity contribution in [1.29, 1.82) is 0 Å². The number of aliphatic hydroxyl groups is 1. The topological polar surface area (TPSA) is 105 Å². The highest BCUT2D eigenvalue weighted by molar-refractivity contribution is 7.47. The Labute approximate surface area is 379 Å². The van der Waals surface area contributed by atoms with Crippen LogP contribution in [0.4, 0.5) is 0 Å². The zero-order valence-corrected chi connectivity index (χ0v) is 42.1. The van der Waals surface area contributed by atoms with Crippen LogP contribution in [0.5, 0.6) is 0 Å². The van der Waals surface area contributed by atoms with Gasteiger partial charge in [-0.1, -0.05) is 237 Å². The number of amides is 1. The molecular weight excluding hydrogens is 780 g/mol. The lowest BCUT2D eigenvalue weighted by molar-refractivity contribution is -0.870. The van der Waals surface area contributed by atoms with Crippen molar-refractivity contribution in [1.82, 2.24) is 5.32 Å². The molecule has 0 aliphatic rings. The zero-order valence-electron chi connectivity index (χ0n) is 41.2. The number of nitrogens with one attached hydrogen (secondary N) is 1. The lowest BCUT2D eigenvalue weighted by Gasteiger charge is -2.25. The smallest absolute Gasteiger partial charge is 0.387 e. The van der Waals surface area contributed by atoms with E-state index < -0.39 is 20.0 Å². The highest BCUT2D eigenvalue weighted by Crippen LogP contribution is 2.43. The lowest BCUT2D eigenvalue weighted by atomic mass is 10.0. The molecule has 0 spiro atoms. The molecule has 8 nitrogen and oxygen atoms in total. The standard InChI is InChI=1S/C52H103N2O6P/c1-6-8-10-12-14-16-18-19-20-21-22-23-24-25-26-27-28-29-30-31-32-33-34-35-36-37-39-41-43-45-51(55)50(49-60-61(57,58)59-48-47-54(3,4)5)53-52(56)46-44-42-40-38-17-15-13-11-9-7-2/h36-37,43,45,50-51,55H,6-35,38-42,44,46-49H2,1-5H3,(H-,53,56,57,58)/p+1/b37-36+,45-43+. The molecule has 0 rings (SSSR count). The maximum atomic E-state index is 12.8. The quantitative estimate of drug-likeness (QED) is 0.0243. The van der Waals surface area contributed by atoms with Crippen LogP contribution in [0, 0.1) is 0 Å². The number of unbranched alkanes of at least 4 members (excludes halogenated alkanes) is 33. The molecule has 0 fully saturated rings. The number of carbonyl (C=O) groups excluding carboxylic acids is 1. The molecule has 9 heteroatoms. The Morgan fingerprint density at radius 2 is 0.902 bits per heavy atom. The molecule has 3 atom stereocenters. The van der Waals surface area contributed by atoms with Gasteiger partial charge in [-0.15, -0.1) is 0 Å². The summed E-state index contributed by atoms with van der Waals surface area (Å²) < 4.78 is 23.6. The van der Waals surface area contributed by atoms with Crippen LogP contribution in [-0.2, 0) is 18.4 Å². The van der Waals surface area contributed by atoms with E-state index in [0.29, 0.717) is 17.4 Å². The maximum absolute atomic E-state index is 12.8. The molecule has 0 aromatic carbocycles. The number of nitrogens with zero attached hydrogens (tertiary/aromatic N) is 1. The van der Waals surface area contributed by atoms with Gasteiger partial charge in [0.05, 0.1) is 39.9 Å². The molecule has 0 bridgehead atoms. The molecule has 3 N–H and O–H groups in total. The summed E-state index contributed by atoms with van der Waals surface area (Å²) in [5.74, 6) is -0.187. The van der Waals surface area contributed by atoms with Gasteiger partial charge < -0.3 is 19.8 Å². The highest BCUT2D eigenvalue weighted by atomic mass is 31.2. The maximum Gasteiger partial charge on any atom is 0.472 e. The number of hydrogen-bond acceptors (Lipinski definition) is 5. The number of phosphoric ester groups is 1. The second-order valence-electron chi connectivity index (χ2n) is 19.3. The fourth-order valence-electron chi connectivity index (χ4n) is 7.77. The van der Waals surface area contributed by atoms with Crippen molar-refractivity contribution in [3.8, 4) is 0 Å². The number of carbonyl (C=O) groups is 1. The van der Waals surface area contributed by atoms with Crippen LogP contribution in [0.1, 0.15) is 251 Å². The molecule has 0 saturated heterocycles. The van der Waals surface area contributed by atoms with E-state index in [2.05, 4.69) is 31.3 Å². The van der Waals surface area contributed by atoms with Gasteiger partial charge in [0.2, 0.25) is 5.91 Å². The Bertz CT molecular complexity index is 1050. The number of likely N-dealkylation sites (N-methyl/N-ethyl adjacent to an activating group) is 1. The van der Waals surface area contributed by atoms with Crippen LogP contribution in [0.2, 0.25) is 0 Å². The number of hydrogen-bond donors (Lipinski definition) is 3. The van der Waals surface area contributed by atoms with Crippen LogP contribution in [0.3, 0.4) is 0 Å². The van der Waals surface area contributed by atoms with E-state index >= 15 is 0 Å². The van der Waals surface area contributed by atoms with E-state index in [-0.39, 0.29) is 19.1 Å². The van der Waals surface area contributed by atoms with Crippen LogP contribution in [0.15, 0.2) is 24.3 Å². The van der Waals surface area contributed by atoms with Crippen molar-refractivity contribution >= 4 is 13.7 Å². The largest absolute Gasteiger partial charge is 0.472 e. The Morgan fingerprint density at radius 3 is 1.31 bits per heavy atom. The van der Waals surface area contributed by atoms with Gasteiger partial charge in [0.1, 0.15) is 13.2 Å². The van der Waals surface area contributed by atoms with Gasteiger partial charge in [-0.05, 0) is 32.1 Å². The molecule has 0 aromatic heterocycles. The fourth-order valence-corrected chi connectivity index (χ4v) is 8.50. The molecule has 61 heavy (non-hydrogen) atoms. The fraction of sp³-hybridized carbons (Fsp3) is 0.904. The third-order valence-corrected chi connectivity index (χ3v) is 12.9. The van der Waals surface area contributed by atoms with Crippen molar-refractivity contribution in [2.24, 2.45) is 0 Å². The normalized spacial score (nSPS) is 14.3. The predicted octanol–water partition coefficient (Wildman–Crippen LogP) is 15.3. The van der Waals surface area contributed by atoms with Crippen molar-refractivity contribution in [3.05, 3.63) is 24.3 Å². The van der Waals surface area contributed by atoms with Crippen LogP contribution < -0.4 is 5.32 Å². The minimum atomic E-state index is -4.34. The number of quaternary nitrogens is 1. The van der Waals surface area contributed by atoms with Gasteiger partial charge in [0, 0.05) is 6.42 Å². The summed E-state index contributed by atoms with van der Waals surface area (Å²) in [5, 5.41) is 13.8. The van der Waals surface area contributed by atoms with E-state index in [9.17, 15) is 19.4 Å². The van der Waals surface area contributed by atoms with Crippen molar-refractivity contribution in [3.63, 3.8) is 0 Å². The van der Waals surface area contributed by atoms with Crippen molar-refractivity contribution in [2.45, 2.75) is 264 Å². The first-order chi connectivity index (χ1) is 29.5. The Kier molecular flexibility index (Phi) is 43.5. The van der Waals surface area contributed by atoms with E-state index in [4.69, 9.17) is 9.05 Å². The van der Waals surface area contributed by atoms with Crippen LogP contribution in [-0.4, -0.2) is 73.4 Å². The molecular formula is C52H104N2O6P+. The van der Waals surface area contributed by atoms with Crippen molar-refractivity contribution < 1.29 is 32.9 Å². The van der Waals surface area contributed by atoms with Gasteiger partial charge in [0.25, 0.3) is 0 Å². The monoisotopic (exact) mass is 884 g/mol. The van der Waals surface area contributed by atoms with E-state index in [1.807, 2.05) is 27.2 Å². The average Bonchev–Trinajstić information content (AvgIpc) is 3.21. The van der Waals surface area contributed by atoms with E-state index in [1.54, 1.807) is 6.08 Å². The van der Waals surface area contributed by atoms with Gasteiger partial charge in [-0.3, -0.25) is 13.8 Å². The Hall–Kier alpha value is -1.02. The molecule has 0 aliphatic carbocycles. The molecule has 0 aromatic rings. The first kappa shape index (κ1) is 60.0. The molecule has 0 aliphatic heterocycles. The Balaban J connectivity index is 4.13. The number of rotatable bonds is 48. The van der Waals surface area contributed by atoms with Gasteiger partial charge in [0.15, 0.2) is 0 Å². The first-order valence-corrected chi connectivity index (χ1v) is 27.7. The minimum Gasteiger partial charge on any atom is -0.387 e. The Morgan fingerprint density at radius 1 is 0.541 bits per heavy atom. The summed E-state index contributed by atoms with van der Waals surface area (Å²) >= 11 is 0. The zero-order chi connectivity index (χ0) is 45.0. The summed E-state index contributed by atoms with van der Waals surface area (Å²) in [6.07, 6.45) is 54.4. The van der Waals surface area contributed by atoms with Gasteiger partial charge in [-0.25, -0.2) is 4.57 Å². The molecule has 1 amide bonds. The molecule has 362 valence electrons. The van der Waals surface area contributed by atoms with E-state index in [1.165, 1.54) is 193 Å². The summed E-state index contributed by atoms with van der Waals surface area (Å²) in [6.45, 7) is 4.80. The van der Waals surface area contributed by atoms with Gasteiger partial charge in [-0.2, -0.15) is 0 Å². The molecule has 0 saturated carbocycles. The highest BCUT2D eigenvalue weighted by Gasteiger charge is 2.27. The summed E-state index contributed by atoms with van der Waals surface area (Å²) in [5.41, 5.74) is 0. The number of phosphoric acid groups is 1.